The molecule has 0 saturated carbocycles. The van der Waals surface area contributed by atoms with Crippen molar-refractivity contribution in [1.82, 2.24) is 5.32 Å². The van der Waals surface area contributed by atoms with E-state index in [0.717, 1.165) is 103 Å². The lowest BCUT2D eigenvalue weighted by molar-refractivity contribution is -0.305. The van der Waals surface area contributed by atoms with Gasteiger partial charge in [0.1, 0.15) is 24.4 Å². The summed E-state index contributed by atoms with van der Waals surface area (Å²) in [6.45, 7) is 5.72. The van der Waals surface area contributed by atoms with Crippen LogP contribution < -0.4 is 5.32 Å². The molecule has 8 atom stereocenters. The Labute approximate surface area is 489 Å². The number of hydrogen-bond acceptors (Lipinski definition) is 10. The number of esters is 1. The molecule has 0 aromatic heterocycles. The first kappa shape index (κ1) is 74.9. The lowest BCUT2D eigenvalue weighted by Gasteiger charge is -2.41. The number of amides is 1. The molecule has 1 heterocycles. The van der Waals surface area contributed by atoms with Crippen LogP contribution in [0.2, 0.25) is 0 Å². The Hall–Kier alpha value is -3.16. The Morgan fingerprint density at radius 1 is 0.487 bits per heavy atom. The van der Waals surface area contributed by atoms with Gasteiger partial charge in [-0.15, -0.1) is 0 Å². The molecule has 462 valence electrons. The van der Waals surface area contributed by atoms with Gasteiger partial charge in [-0.3, -0.25) is 9.59 Å². The number of rotatable bonds is 55. The maximum Gasteiger partial charge on any atom is 0.306 e. The molecule has 11 heteroatoms. The van der Waals surface area contributed by atoms with Crippen molar-refractivity contribution in [2.24, 2.45) is 0 Å². The molecule has 1 saturated heterocycles. The Morgan fingerprint density at radius 2 is 0.863 bits per heavy atom. The molecule has 0 aromatic rings. The van der Waals surface area contributed by atoms with Crippen molar-refractivity contribution in [2.45, 2.75) is 327 Å². The van der Waals surface area contributed by atoms with E-state index in [-0.39, 0.29) is 19.4 Å². The van der Waals surface area contributed by atoms with Gasteiger partial charge in [-0.1, -0.05) is 254 Å². The number of allylic oxidation sites excluding steroid dienone is 13. The van der Waals surface area contributed by atoms with Crippen LogP contribution in [0.25, 0.3) is 0 Å². The van der Waals surface area contributed by atoms with Gasteiger partial charge in [0.05, 0.1) is 25.4 Å². The zero-order valence-corrected chi connectivity index (χ0v) is 51.2. The quantitative estimate of drug-likeness (QED) is 0.0195. The Kier molecular flexibility index (Phi) is 52.7. The van der Waals surface area contributed by atoms with E-state index in [9.17, 15) is 35.1 Å². The van der Waals surface area contributed by atoms with Gasteiger partial charge < -0.3 is 45.1 Å². The highest BCUT2D eigenvalue weighted by molar-refractivity contribution is 5.80. The molecule has 80 heavy (non-hydrogen) atoms. The number of ether oxygens (including phenoxy) is 3. The molecule has 1 fully saturated rings. The van der Waals surface area contributed by atoms with Crippen molar-refractivity contribution in [3.63, 3.8) is 0 Å². The molecule has 0 aromatic carbocycles. The molecular formula is C69H121NO10. The summed E-state index contributed by atoms with van der Waals surface area (Å²) in [5.41, 5.74) is 0. The molecule has 0 bridgehead atoms. The van der Waals surface area contributed by atoms with Crippen LogP contribution in [0.5, 0.6) is 0 Å². The summed E-state index contributed by atoms with van der Waals surface area (Å²) in [4.78, 5) is 26.6. The van der Waals surface area contributed by atoms with Crippen LogP contribution in [0.4, 0.5) is 0 Å². The predicted molar refractivity (Wildman–Crippen MR) is 333 cm³/mol. The van der Waals surface area contributed by atoms with Crippen molar-refractivity contribution in [2.75, 3.05) is 13.2 Å². The number of hydrogen-bond donors (Lipinski definition) is 6. The van der Waals surface area contributed by atoms with E-state index in [2.05, 4.69) is 99.0 Å². The third kappa shape index (κ3) is 43.5. The second-order valence-electron chi connectivity index (χ2n) is 22.5. The van der Waals surface area contributed by atoms with E-state index in [4.69, 9.17) is 14.2 Å². The molecule has 0 radical (unpaired) electrons. The molecule has 1 rings (SSSR count). The van der Waals surface area contributed by atoms with Crippen LogP contribution in [0.15, 0.2) is 85.1 Å². The van der Waals surface area contributed by atoms with Gasteiger partial charge in [-0.25, -0.2) is 0 Å². The summed E-state index contributed by atoms with van der Waals surface area (Å²) in [5, 5.41) is 57.0. The molecule has 11 nitrogen and oxygen atoms in total. The van der Waals surface area contributed by atoms with E-state index >= 15 is 0 Å². The molecule has 1 aliphatic rings. The van der Waals surface area contributed by atoms with Crippen LogP contribution in [-0.2, 0) is 23.8 Å². The minimum Gasteiger partial charge on any atom is -0.454 e. The van der Waals surface area contributed by atoms with Crippen molar-refractivity contribution in [3.05, 3.63) is 85.1 Å². The third-order valence-corrected chi connectivity index (χ3v) is 15.0. The van der Waals surface area contributed by atoms with Crippen LogP contribution in [0.1, 0.15) is 278 Å². The molecule has 0 aliphatic carbocycles. The number of carbonyl (C=O) groups is 2. The van der Waals surface area contributed by atoms with Gasteiger partial charge >= 0.3 is 5.97 Å². The highest BCUT2D eigenvalue weighted by atomic mass is 16.7. The minimum atomic E-state index is -1.62. The number of unbranched alkanes of at least 4 members (excludes halogenated alkanes) is 29. The van der Waals surface area contributed by atoms with Gasteiger partial charge in [-0.2, -0.15) is 0 Å². The zero-order valence-electron chi connectivity index (χ0n) is 51.2. The zero-order chi connectivity index (χ0) is 58.2. The normalized spacial score (nSPS) is 19.3. The number of carbonyl (C=O) groups excluding carboxylic acids is 2. The smallest absolute Gasteiger partial charge is 0.306 e. The summed E-state index contributed by atoms with van der Waals surface area (Å²) >= 11 is 0. The third-order valence-electron chi connectivity index (χ3n) is 15.0. The molecule has 8 unspecified atom stereocenters. The van der Waals surface area contributed by atoms with Crippen molar-refractivity contribution >= 4 is 11.9 Å². The van der Waals surface area contributed by atoms with Crippen molar-refractivity contribution in [3.8, 4) is 0 Å². The van der Waals surface area contributed by atoms with Gasteiger partial charge in [0, 0.05) is 6.42 Å². The maximum atomic E-state index is 13.4. The number of nitrogens with one attached hydrogen (secondary N) is 1. The Balaban J connectivity index is 2.64. The van der Waals surface area contributed by atoms with Gasteiger partial charge in [0.15, 0.2) is 12.4 Å². The largest absolute Gasteiger partial charge is 0.454 e. The fourth-order valence-electron chi connectivity index (χ4n) is 9.78. The molecule has 1 aliphatic heterocycles. The van der Waals surface area contributed by atoms with Crippen molar-refractivity contribution in [1.29, 1.82) is 0 Å². The van der Waals surface area contributed by atoms with E-state index in [1.807, 2.05) is 6.08 Å². The summed E-state index contributed by atoms with van der Waals surface area (Å²) in [7, 11) is 0. The summed E-state index contributed by atoms with van der Waals surface area (Å²) in [5.74, 6) is -1.22. The second-order valence-corrected chi connectivity index (χ2v) is 22.5. The topological polar surface area (TPSA) is 175 Å². The highest BCUT2D eigenvalue weighted by Gasteiger charge is 2.47. The fraction of sp³-hybridized carbons (Fsp3) is 0.768. The minimum absolute atomic E-state index is 0.113. The van der Waals surface area contributed by atoms with Crippen LogP contribution in [0.3, 0.4) is 0 Å². The van der Waals surface area contributed by atoms with E-state index in [1.54, 1.807) is 6.08 Å². The van der Waals surface area contributed by atoms with Gasteiger partial charge in [0.2, 0.25) is 5.91 Å². The highest BCUT2D eigenvalue weighted by Crippen LogP contribution is 2.26. The SMILES string of the molecule is CCCCC/C=C\C/C=C\C/C=C\CCCCCCCCCCCCC(=O)OC1C(OCC(NC(=O)C(O)CCCCC/C=C\C/C=C\C/C=C\CCCCC)C(O)/C=C/CCCCCCCCCCCC)OC(CO)C(O)C1O. The molecular weight excluding hydrogens is 1000 g/mol. The van der Waals surface area contributed by atoms with E-state index in [0.29, 0.717) is 12.8 Å². The van der Waals surface area contributed by atoms with Crippen LogP contribution >= 0.6 is 0 Å². The summed E-state index contributed by atoms with van der Waals surface area (Å²) < 4.78 is 17.6. The Morgan fingerprint density at radius 3 is 1.31 bits per heavy atom. The fourth-order valence-corrected chi connectivity index (χ4v) is 9.78. The molecule has 6 N–H and O–H groups in total. The van der Waals surface area contributed by atoms with Crippen LogP contribution in [0, 0.1) is 0 Å². The lowest BCUT2D eigenvalue weighted by Crippen LogP contribution is -2.61. The van der Waals surface area contributed by atoms with Crippen molar-refractivity contribution < 1.29 is 49.3 Å². The van der Waals surface area contributed by atoms with Crippen LogP contribution in [-0.4, -0.2) is 99.6 Å². The molecule has 1 amide bonds. The monoisotopic (exact) mass is 1120 g/mol. The second kappa shape index (κ2) is 56.3. The van der Waals surface area contributed by atoms with E-state index < -0.39 is 67.4 Å². The maximum absolute atomic E-state index is 13.4. The molecule has 0 spiro atoms. The number of aliphatic hydroxyl groups is 5. The number of aliphatic hydroxyl groups excluding tert-OH is 5. The summed E-state index contributed by atoms with van der Waals surface area (Å²) in [6.07, 6.45) is 63.3. The first-order valence-corrected chi connectivity index (χ1v) is 32.9. The van der Waals surface area contributed by atoms with Gasteiger partial charge in [0.25, 0.3) is 0 Å². The predicted octanol–water partition coefficient (Wildman–Crippen LogP) is 16.1. The van der Waals surface area contributed by atoms with E-state index in [1.165, 1.54) is 128 Å². The average Bonchev–Trinajstić information content (AvgIpc) is 3.48. The first-order chi connectivity index (χ1) is 39.2. The standard InChI is InChI=1S/C69H121NO10/c1-4-7-10-13-16-19-22-25-27-29-30-31-32-33-34-35-37-39-42-45-48-51-54-57-64(74)80-67-66(76)65(75)63(58-71)79-69(67)78-59-60(61(72)55-52-49-46-43-40-24-21-18-15-12-9-6-3)70-68(77)62(73)56-53-50-47-44-41-38-36-28-26-23-20-17-14-11-8-5-2/h16-17,19-20,25-28,30-31,38,41,52,55,60-63,65-67,69,71-73,75-76H,4-15,18,21-24,29,32-37,39-40,42-51,53-54,56-59H2,1-3H3,(H,70,77)/b19-16-,20-17-,27-25-,28-26-,31-30-,41-38-,55-52+. The average molecular weight is 1120 g/mol. The lowest BCUT2D eigenvalue weighted by atomic mass is 9.99. The first-order valence-electron chi connectivity index (χ1n) is 32.9. The summed E-state index contributed by atoms with van der Waals surface area (Å²) in [6, 6.07) is -1.04. The van der Waals surface area contributed by atoms with Gasteiger partial charge in [-0.05, 0) is 103 Å². The Bertz CT molecular complexity index is 1620.